The number of rotatable bonds is 4. The smallest absolute Gasteiger partial charge is 1.00 e. The zero-order valence-electron chi connectivity index (χ0n) is 16.7. The summed E-state index contributed by atoms with van der Waals surface area (Å²) >= 11 is 1.21. The van der Waals surface area contributed by atoms with E-state index in [-0.39, 0.29) is 42.8 Å². The predicted octanol–water partition coefficient (Wildman–Crippen LogP) is -3.53. The van der Waals surface area contributed by atoms with Crippen LogP contribution in [0.25, 0.3) is 0 Å². The van der Waals surface area contributed by atoms with Gasteiger partial charge in [0.15, 0.2) is 0 Å². The molecule has 0 spiro atoms. The van der Waals surface area contributed by atoms with Gasteiger partial charge in [0.25, 0.3) is 0 Å². The Morgan fingerprint density at radius 2 is 1.29 bits per heavy atom. The van der Waals surface area contributed by atoms with Gasteiger partial charge in [-0.15, -0.1) is 0 Å². The molecule has 0 amide bonds. The second kappa shape index (κ2) is 11.4. The second-order valence-corrected chi connectivity index (χ2v) is 11.3. The van der Waals surface area contributed by atoms with Crippen molar-refractivity contribution in [3.8, 4) is 0 Å². The molecule has 0 heterocycles. The molecule has 0 bridgehead atoms. The molecule has 2 unspecified atom stereocenters. The topological polar surface area (TPSA) is 9.23 Å². The first-order chi connectivity index (χ1) is 12.2. The van der Waals surface area contributed by atoms with Gasteiger partial charge in [0.2, 0.25) is 0 Å². The van der Waals surface area contributed by atoms with Crippen LogP contribution in [0.1, 0.15) is 51.4 Å². The van der Waals surface area contributed by atoms with Crippen molar-refractivity contribution < 1.29 is 65.2 Å². The normalized spacial score (nSPS) is 27.1. The number of halogens is 3. The Morgan fingerprint density at radius 3 is 1.68 bits per heavy atom. The van der Waals surface area contributed by atoms with Gasteiger partial charge in [-0.2, -0.15) is 0 Å². The Labute approximate surface area is 206 Å². The largest absolute Gasteiger partial charge is 1.00 e. The van der Waals surface area contributed by atoms with Gasteiger partial charge in [-0.25, -0.2) is 0 Å². The fourth-order valence-electron chi connectivity index (χ4n) is 5.48. The van der Waals surface area contributed by atoms with Gasteiger partial charge >= 0.3 is 171 Å². The van der Waals surface area contributed by atoms with Crippen molar-refractivity contribution in [1.82, 2.24) is 0 Å². The van der Waals surface area contributed by atoms with Crippen molar-refractivity contribution in [3.63, 3.8) is 0 Å². The van der Waals surface area contributed by atoms with Crippen LogP contribution in [-0.2, 0) is 28.0 Å². The summed E-state index contributed by atoms with van der Waals surface area (Å²) in [6.07, 6.45) is 20.4. The Kier molecular flexibility index (Phi) is 10.9. The van der Waals surface area contributed by atoms with Crippen molar-refractivity contribution in [2.45, 2.75) is 70.1 Å². The minimum absolute atomic E-state index is 0. The molecule has 1 nitrogen and oxygen atoms in total. The molecule has 0 N–H and O–H groups in total. The molecular formula is C22H29Cl3OSiZr. The Morgan fingerprint density at radius 1 is 0.857 bits per heavy atom. The van der Waals surface area contributed by atoms with E-state index in [9.17, 15) is 0 Å². The van der Waals surface area contributed by atoms with Crippen LogP contribution in [-0.4, -0.2) is 19.7 Å². The summed E-state index contributed by atoms with van der Waals surface area (Å²) < 4.78 is 6.60. The van der Waals surface area contributed by atoms with E-state index in [1.54, 1.807) is 22.3 Å². The van der Waals surface area contributed by atoms with E-state index in [1.807, 2.05) is 0 Å². The maximum absolute atomic E-state index is 6.60. The molecule has 28 heavy (non-hydrogen) atoms. The maximum Gasteiger partial charge on any atom is -1.00 e. The van der Waals surface area contributed by atoms with E-state index < -0.39 is 8.41 Å². The molecule has 4 aliphatic rings. The third kappa shape index (κ3) is 4.81. The van der Waals surface area contributed by atoms with Crippen LogP contribution in [0, 0.1) is 11.8 Å². The minimum Gasteiger partial charge on any atom is -1.00 e. The Hall–Kier alpha value is 0.760. The molecule has 2 atom stereocenters. The molecule has 0 aromatic rings. The molecular weight excluding hydrogens is 506 g/mol. The van der Waals surface area contributed by atoms with Crippen LogP contribution in [0.4, 0.5) is 0 Å². The summed E-state index contributed by atoms with van der Waals surface area (Å²) in [5, 5.41) is 0. The van der Waals surface area contributed by atoms with Gasteiger partial charge in [-0.3, -0.25) is 0 Å². The van der Waals surface area contributed by atoms with Crippen LogP contribution in [0.3, 0.4) is 0 Å². The molecule has 0 aromatic heterocycles. The van der Waals surface area contributed by atoms with E-state index in [0.717, 1.165) is 0 Å². The van der Waals surface area contributed by atoms with Gasteiger partial charge in [-0.05, 0) is 0 Å². The average molecular weight is 535 g/mol. The molecule has 0 fully saturated rings. The molecule has 0 aliphatic heterocycles. The van der Waals surface area contributed by atoms with Crippen molar-refractivity contribution in [1.29, 1.82) is 0 Å². The summed E-state index contributed by atoms with van der Waals surface area (Å²) in [6.45, 7) is 4.83. The van der Waals surface area contributed by atoms with Crippen molar-refractivity contribution in [2.75, 3.05) is 0 Å². The first-order valence-corrected chi connectivity index (χ1v) is 13.5. The SMILES string of the molecule is C[Si](C)=CC([O][Zr+3])(C1C=CC2=C1CCCC2)C1C=CC2=C1CCCC2.[Cl-].[Cl-].[Cl-]. The summed E-state index contributed by atoms with van der Waals surface area (Å²) in [6, 6.07) is 0. The predicted molar refractivity (Wildman–Crippen MR) is 104 cm³/mol. The van der Waals surface area contributed by atoms with Gasteiger partial charge in [-0.1, -0.05) is 0 Å². The molecule has 152 valence electrons. The van der Waals surface area contributed by atoms with Crippen LogP contribution in [0.5, 0.6) is 0 Å². The standard InChI is InChI=1S/C22H29OSi.3ClH.Zr/c1-24(2)15-22(23,20-13-11-16-7-3-5-9-18(16)20)21-14-12-17-8-4-6-10-19(17)21;;;;/h11-15,20-21H,3-10H2,1-2H3;3*1H;/q-1;;;;+4/p-3. The summed E-state index contributed by atoms with van der Waals surface area (Å²) in [7, 11) is -0.499. The van der Waals surface area contributed by atoms with E-state index in [1.165, 1.54) is 76.5 Å². The van der Waals surface area contributed by atoms with Crippen LogP contribution in [0.15, 0.2) is 46.6 Å². The monoisotopic (exact) mass is 532 g/mol. The van der Waals surface area contributed by atoms with E-state index >= 15 is 0 Å². The number of hydrogen-bond donors (Lipinski definition) is 0. The van der Waals surface area contributed by atoms with Crippen molar-refractivity contribution >= 4 is 14.1 Å². The maximum atomic E-state index is 6.60. The molecule has 6 heteroatoms. The summed E-state index contributed by atoms with van der Waals surface area (Å²) in [5.41, 5.74) is 9.17. The van der Waals surface area contributed by atoms with Crippen LogP contribution < -0.4 is 37.2 Å². The first-order valence-electron chi connectivity index (χ1n) is 9.97. The second-order valence-electron chi connectivity index (χ2n) is 8.37. The Bertz CT molecular complexity index is 671. The fraction of sp³-hybridized carbons (Fsp3) is 0.591. The van der Waals surface area contributed by atoms with E-state index in [0.29, 0.717) is 11.8 Å². The zero-order valence-corrected chi connectivity index (χ0v) is 22.5. The molecule has 0 saturated carbocycles. The zero-order chi connectivity index (χ0) is 17.4. The molecule has 0 saturated heterocycles. The van der Waals surface area contributed by atoms with Crippen molar-refractivity contribution in [2.24, 2.45) is 11.8 Å². The van der Waals surface area contributed by atoms with Gasteiger partial charge < -0.3 is 37.2 Å². The number of hydrogen-bond acceptors (Lipinski definition) is 1. The van der Waals surface area contributed by atoms with Crippen molar-refractivity contribution in [3.05, 3.63) is 46.6 Å². The van der Waals surface area contributed by atoms with Gasteiger partial charge in [0.05, 0.1) is 0 Å². The summed E-state index contributed by atoms with van der Waals surface area (Å²) in [4.78, 5) is 0. The average Bonchev–Trinajstić information content (AvgIpc) is 3.24. The minimum atomic E-state index is -0.499. The Balaban J connectivity index is 0.00000131. The number of allylic oxidation sites excluding steroid dienone is 4. The van der Waals surface area contributed by atoms with Gasteiger partial charge in [0.1, 0.15) is 0 Å². The third-order valence-corrected chi connectivity index (χ3v) is 8.40. The fourth-order valence-corrected chi connectivity index (χ4v) is 7.86. The van der Waals surface area contributed by atoms with E-state index in [4.69, 9.17) is 2.81 Å². The van der Waals surface area contributed by atoms with Crippen LogP contribution in [0.2, 0.25) is 13.1 Å². The van der Waals surface area contributed by atoms with Crippen LogP contribution >= 0.6 is 0 Å². The third-order valence-electron chi connectivity index (χ3n) is 6.50. The first kappa shape index (κ1) is 26.8. The van der Waals surface area contributed by atoms with Gasteiger partial charge in [0, 0.05) is 0 Å². The molecule has 0 radical (unpaired) electrons. The molecule has 4 aliphatic carbocycles. The quantitative estimate of drug-likeness (QED) is 0.340. The van der Waals surface area contributed by atoms with E-state index in [2.05, 4.69) is 43.1 Å². The molecule has 4 rings (SSSR count). The summed E-state index contributed by atoms with van der Waals surface area (Å²) in [5.74, 6) is 0.927. The molecule has 0 aromatic carbocycles.